The molecule has 0 radical (unpaired) electrons. The van der Waals surface area contributed by atoms with E-state index in [0.29, 0.717) is 25.9 Å². The molecule has 5 heteroatoms. The Morgan fingerprint density at radius 2 is 2.00 bits per heavy atom. The number of carbonyl (C=O) groups excluding carboxylic acids is 1. The number of amides is 2. The fourth-order valence-electron chi connectivity index (χ4n) is 3.17. The lowest BCUT2D eigenvalue weighted by molar-refractivity contribution is -0.148. The van der Waals surface area contributed by atoms with Crippen LogP contribution in [0.25, 0.3) is 0 Å². The molecule has 2 N–H and O–H groups in total. The molecule has 1 unspecified atom stereocenters. The monoisotopic (exact) mass is 268 g/mol. The van der Waals surface area contributed by atoms with E-state index in [4.69, 9.17) is 0 Å². The fraction of sp³-hybridized carbons (Fsp3) is 0.857. The quantitative estimate of drug-likeness (QED) is 0.824. The van der Waals surface area contributed by atoms with Crippen LogP contribution in [0.1, 0.15) is 51.9 Å². The van der Waals surface area contributed by atoms with Gasteiger partial charge in [-0.3, -0.25) is 4.79 Å². The van der Waals surface area contributed by atoms with Crippen molar-refractivity contribution >= 4 is 12.0 Å². The Kier molecular flexibility index (Phi) is 4.32. The van der Waals surface area contributed by atoms with Crippen molar-refractivity contribution < 1.29 is 14.7 Å². The lowest BCUT2D eigenvalue weighted by Gasteiger charge is -2.27. The minimum absolute atomic E-state index is 0.0801. The Hall–Kier alpha value is -1.26. The van der Waals surface area contributed by atoms with Gasteiger partial charge >= 0.3 is 12.0 Å². The number of carboxylic acid groups (broad SMARTS) is 1. The van der Waals surface area contributed by atoms with Crippen LogP contribution in [0.4, 0.5) is 4.79 Å². The molecule has 0 bridgehead atoms. The SMILES string of the molecule is CCC1(C(=O)O)CCN(C(=O)NC2CCCCC2)C1. The zero-order valence-corrected chi connectivity index (χ0v) is 11.7. The maximum atomic E-state index is 12.2. The highest BCUT2D eigenvalue weighted by molar-refractivity contribution is 5.79. The van der Waals surface area contributed by atoms with Crippen molar-refractivity contribution in [3.63, 3.8) is 0 Å². The Bertz CT molecular complexity index is 353. The van der Waals surface area contributed by atoms with Gasteiger partial charge in [-0.05, 0) is 25.7 Å². The van der Waals surface area contributed by atoms with Gasteiger partial charge in [-0.25, -0.2) is 4.79 Å². The third kappa shape index (κ3) is 3.01. The second kappa shape index (κ2) is 5.80. The van der Waals surface area contributed by atoms with E-state index in [0.717, 1.165) is 12.8 Å². The molecule has 5 nitrogen and oxygen atoms in total. The lowest BCUT2D eigenvalue weighted by atomic mass is 9.84. The highest BCUT2D eigenvalue weighted by Crippen LogP contribution is 2.34. The van der Waals surface area contributed by atoms with Gasteiger partial charge in [0.1, 0.15) is 0 Å². The summed E-state index contributed by atoms with van der Waals surface area (Å²) in [5.41, 5.74) is -0.732. The second-order valence-electron chi connectivity index (χ2n) is 5.90. The Morgan fingerprint density at radius 3 is 2.53 bits per heavy atom. The molecule has 108 valence electrons. The number of carboxylic acids is 1. The number of carbonyl (C=O) groups is 2. The van der Waals surface area contributed by atoms with Crippen molar-refractivity contribution in [3.8, 4) is 0 Å². The first-order chi connectivity index (χ1) is 9.07. The minimum Gasteiger partial charge on any atom is -0.481 e. The highest BCUT2D eigenvalue weighted by atomic mass is 16.4. The summed E-state index contributed by atoms with van der Waals surface area (Å²) in [5, 5.41) is 12.4. The first-order valence-corrected chi connectivity index (χ1v) is 7.36. The number of aliphatic carboxylic acids is 1. The predicted octanol–water partition coefficient (Wildman–Crippen LogP) is 2.22. The molecule has 1 heterocycles. The van der Waals surface area contributed by atoms with Gasteiger partial charge in [0.25, 0.3) is 0 Å². The van der Waals surface area contributed by atoms with Crippen LogP contribution in [0, 0.1) is 5.41 Å². The van der Waals surface area contributed by atoms with E-state index < -0.39 is 11.4 Å². The summed E-state index contributed by atoms with van der Waals surface area (Å²) in [6.45, 7) is 2.78. The molecule has 2 rings (SSSR count). The summed E-state index contributed by atoms with van der Waals surface area (Å²) in [7, 11) is 0. The van der Waals surface area contributed by atoms with Crippen LogP contribution < -0.4 is 5.32 Å². The van der Waals surface area contributed by atoms with E-state index in [1.54, 1.807) is 4.90 Å². The molecule has 19 heavy (non-hydrogen) atoms. The molecule has 1 saturated carbocycles. The van der Waals surface area contributed by atoms with E-state index in [2.05, 4.69) is 5.32 Å². The normalized spacial score (nSPS) is 28.4. The van der Waals surface area contributed by atoms with Crippen molar-refractivity contribution in [3.05, 3.63) is 0 Å². The number of nitrogens with zero attached hydrogens (tertiary/aromatic N) is 1. The first-order valence-electron chi connectivity index (χ1n) is 7.36. The second-order valence-corrected chi connectivity index (χ2v) is 5.90. The summed E-state index contributed by atoms with van der Waals surface area (Å²) in [6, 6.07) is 0.200. The van der Waals surface area contributed by atoms with Crippen molar-refractivity contribution in [1.29, 1.82) is 0 Å². The molecule has 0 aromatic carbocycles. The largest absolute Gasteiger partial charge is 0.481 e. The van der Waals surface area contributed by atoms with Gasteiger partial charge < -0.3 is 15.3 Å². The molecular formula is C14H24N2O3. The summed E-state index contributed by atoms with van der Waals surface area (Å²) < 4.78 is 0. The Balaban J connectivity index is 1.89. The van der Waals surface area contributed by atoms with Crippen LogP contribution >= 0.6 is 0 Å². The van der Waals surface area contributed by atoms with E-state index in [9.17, 15) is 14.7 Å². The lowest BCUT2D eigenvalue weighted by Crippen LogP contribution is -2.46. The number of hydrogen-bond donors (Lipinski definition) is 2. The average molecular weight is 268 g/mol. The maximum absolute atomic E-state index is 12.2. The predicted molar refractivity (Wildman–Crippen MR) is 72.0 cm³/mol. The van der Waals surface area contributed by atoms with E-state index in [1.807, 2.05) is 6.92 Å². The molecule has 1 atom stereocenters. The van der Waals surface area contributed by atoms with Crippen molar-refractivity contribution in [2.75, 3.05) is 13.1 Å². The van der Waals surface area contributed by atoms with Gasteiger partial charge in [-0.15, -0.1) is 0 Å². The van der Waals surface area contributed by atoms with Crippen LogP contribution in [0.15, 0.2) is 0 Å². The summed E-state index contributed by atoms with van der Waals surface area (Å²) in [5.74, 6) is -0.775. The number of rotatable bonds is 3. The van der Waals surface area contributed by atoms with Gasteiger partial charge in [-0.1, -0.05) is 26.2 Å². The highest BCUT2D eigenvalue weighted by Gasteiger charge is 2.44. The van der Waals surface area contributed by atoms with Crippen molar-refractivity contribution in [2.24, 2.45) is 5.41 Å². The van der Waals surface area contributed by atoms with Crippen LogP contribution in [0.2, 0.25) is 0 Å². The van der Waals surface area contributed by atoms with Crippen LogP contribution in [0.5, 0.6) is 0 Å². The number of nitrogens with one attached hydrogen (secondary N) is 1. The molecule has 2 amide bonds. The van der Waals surface area contributed by atoms with Crippen molar-refractivity contribution in [2.45, 2.75) is 57.9 Å². The maximum Gasteiger partial charge on any atom is 0.317 e. The summed E-state index contributed by atoms with van der Waals surface area (Å²) >= 11 is 0. The number of urea groups is 1. The van der Waals surface area contributed by atoms with E-state index >= 15 is 0 Å². The molecule has 1 aliphatic heterocycles. The molecule has 1 saturated heterocycles. The minimum atomic E-state index is -0.775. The average Bonchev–Trinajstić information content (AvgIpc) is 2.86. The summed E-state index contributed by atoms with van der Waals surface area (Å²) in [6.07, 6.45) is 6.87. The zero-order valence-electron chi connectivity index (χ0n) is 11.7. The molecule has 2 aliphatic rings. The van der Waals surface area contributed by atoms with Gasteiger partial charge in [0.2, 0.25) is 0 Å². The molecule has 2 fully saturated rings. The molecule has 0 aromatic rings. The van der Waals surface area contributed by atoms with Crippen LogP contribution in [0.3, 0.4) is 0 Å². The zero-order chi connectivity index (χ0) is 13.9. The summed E-state index contributed by atoms with van der Waals surface area (Å²) in [4.78, 5) is 25.2. The molecule has 0 spiro atoms. The first kappa shape index (κ1) is 14.2. The third-order valence-corrected chi connectivity index (χ3v) is 4.70. The number of hydrogen-bond acceptors (Lipinski definition) is 2. The standard InChI is InChI=1S/C14H24N2O3/c1-2-14(12(17)18)8-9-16(10-14)13(19)15-11-6-4-3-5-7-11/h11H,2-10H2,1H3,(H,15,19)(H,17,18). The van der Waals surface area contributed by atoms with Gasteiger partial charge in [0.15, 0.2) is 0 Å². The number of likely N-dealkylation sites (tertiary alicyclic amines) is 1. The van der Waals surface area contributed by atoms with Gasteiger partial charge in [-0.2, -0.15) is 0 Å². The van der Waals surface area contributed by atoms with Gasteiger partial charge in [0.05, 0.1) is 5.41 Å². The fourth-order valence-corrected chi connectivity index (χ4v) is 3.17. The third-order valence-electron chi connectivity index (χ3n) is 4.70. The molecular weight excluding hydrogens is 244 g/mol. The molecule has 1 aliphatic carbocycles. The topological polar surface area (TPSA) is 69.6 Å². The molecule has 0 aromatic heterocycles. The smallest absolute Gasteiger partial charge is 0.317 e. The Morgan fingerprint density at radius 1 is 1.32 bits per heavy atom. The Labute approximate surface area is 114 Å². The van der Waals surface area contributed by atoms with Crippen LogP contribution in [-0.4, -0.2) is 41.1 Å². The van der Waals surface area contributed by atoms with Crippen molar-refractivity contribution in [1.82, 2.24) is 10.2 Å². The van der Waals surface area contributed by atoms with Crippen LogP contribution in [-0.2, 0) is 4.79 Å². The van der Waals surface area contributed by atoms with E-state index in [-0.39, 0.29) is 12.1 Å². The van der Waals surface area contributed by atoms with E-state index in [1.165, 1.54) is 19.3 Å². The van der Waals surface area contributed by atoms with Gasteiger partial charge in [0, 0.05) is 19.1 Å².